The van der Waals surface area contributed by atoms with Crippen molar-refractivity contribution in [3.05, 3.63) is 162 Å². The molecular formula is C46H41N5O9. The van der Waals surface area contributed by atoms with Crippen LogP contribution in [0.5, 0.6) is 23.0 Å². The molecule has 3 aliphatic rings. The summed E-state index contributed by atoms with van der Waals surface area (Å²) in [6.45, 7) is -0.162. The van der Waals surface area contributed by atoms with Crippen molar-refractivity contribution in [2.75, 3.05) is 21.3 Å². The zero-order chi connectivity index (χ0) is 42.0. The van der Waals surface area contributed by atoms with Crippen molar-refractivity contribution in [2.45, 2.75) is 43.3 Å². The molecule has 1 N–H and O–H groups in total. The third kappa shape index (κ3) is 5.61. The molecule has 0 radical (unpaired) electrons. The number of fused-ring (bicyclic) bond motifs is 5. The summed E-state index contributed by atoms with van der Waals surface area (Å²) in [5.41, 5.74) is 0.694. The first-order chi connectivity index (χ1) is 29.0. The van der Waals surface area contributed by atoms with Crippen molar-refractivity contribution in [3.8, 4) is 23.0 Å². The van der Waals surface area contributed by atoms with Gasteiger partial charge in [0.2, 0.25) is 0 Å². The van der Waals surface area contributed by atoms with Gasteiger partial charge in [-0.25, -0.2) is 28.5 Å². The van der Waals surface area contributed by atoms with E-state index in [0.29, 0.717) is 44.8 Å². The number of hydrogen-bond acceptors (Lipinski definition) is 10. The maximum absolute atomic E-state index is 15.2. The third-order valence-electron chi connectivity index (χ3n) is 12.5. The number of aromatic hydroxyl groups is 1. The number of aryl methyl sites for hydroxylation is 2. The lowest BCUT2D eigenvalue weighted by Crippen LogP contribution is -2.58. The molecule has 6 aromatic rings. The Bertz CT molecular complexity index is 2990. The van der Waals surface area contributed by atoms with Gasteiger partial charge in [-0.15, -0.1) is 0 Å². The molecule has 1 aliphatic heterocycles. The molecule has 0 unspecified atom stereocenters. The van der Waals surface area contributed by atoms with Gasteiger partial charge >= 0.3 is 11.4 Å². The van der Waals surface area contributed by atoms with Crippen molar-refractivity contribution in [1.82, 2.24) is 23.5 Å². The number of phenolic OH excluding ortho intramolecular Hbond substituents is 1. The number of Topliss-reactive ketones (excluding diaryl/α,β-unsaturated/α-hetero) is 1. The van der Waals surface area contributed by atoms with Crippen LogP contribution >= 0.6 is 0 Å². The Hall–Kier alpha value is -7.22. The van der Waals surface area contributed by atoms with E-state index in [4.69, 9.17) is 14.2 Å². The Morgan fingerprint density at radius 3 is 2.18 bits per heavy atom. The zero-order valence-corrected chi connectivity index (χ0v) is 33.3. The lowest BCUT2D eigenvalue weighted by atomic mass is 9.47. The highest BCUT2D eigenvalue weighted by atomic mass is 16.5. The van der Waals surface area contributed by atoms with Gasteiger partial charge in [-0.3, -0.25) is 14.4 Å². The fraction of sp³-hybridized carbons (Fsp3) is 0.261. The number of ether oxygens (including phenoxy) is 3. The number of allylic oxidation sites excluding steroid dienone is 4. The summed E-state index contributed by atoms with van der Waals surface area (Å²) in [6.07, 6.45) is 3.29. The normalized spacial score (nSPS) is 20.8. The molecule has 9 rings (SSSR count). The standard InChI is InChI=1S/C46H41N5O9/c1-48-35-25-39(60-4)38(59-3)24-33(35)47-32(43(48)55)18-19-49-44(56)50-20-17-29-34(51(50)45(49)57)23-31-42(54)30(26-11-7-5-8-12-26)22-40(53)46(31,28-13-9-6-10-14-28)41(29)27-15-16-37(58-2)36(52)21-27/h5-17,21-22,24-25,31,34,41,52H,18-20,23H2,1-4H3/t31-,34+,41-,46-/m0/s1. The summed E-state index contributed by atoms with van der Waals surface area (Å²) in [7, 11) is 6.05. The largest absolute Gasteiger partial charge is 0.504 e. The number of carbonyl (C=O) groups excluding carboxylic acids is 2. The Morgan fingerprint density at radius 2 is 1.50 bits per heavy atom. The van der Waals surface area contributed by atoms with E-state index >= 15 is 9.59 Å². The number of benzene rings is 4. The molecule has 3 heterocycles. The predicted octanol–water partition coefficient (Wildman–Crippen LogP) is 4.49. The number of hydrogen-bond donors (Lipinski definition) is 1. The third-order valence-corrected chi connectivity index (χ3v) is 12.5. The van der Waals surface area contributed by atoms with Gasteiger partial charge in [-0.1, -0.05) is 72.8 Å². The lowest BCUT2D eigenvalue weighted by Gasteiger charge is -2.54. The molecule has 4 atom stereocenters. The summed E-state index contributed by atoms with van der Waals surface area (Å²) in [6, 6.07) is 25.6. The van der Waals surface area contributed by atoms with E-state index in [2.05, 4.69) is 4.98 Å². The summed E-state index contributed by atoms with van der Waals surface area (Å²) >= 11 is 0. The summed E-state index contributed by atoms with van der Waals surface area (Å²) in [5.74, 6) is -1.49. The van der Waals surface area contributed by atoms with E-state index in [1.54, 1.807) is 61.6 Å². The van der Waals surface area contributed by atoms with Crippen LogP contribution in [0, 0.1) is 5.92 Å². The zero-order valence-electron chi connectivity index (χ0n) is 33.3. The van der Waals surface area contributed by atoms with Gasteiger partial charge < -0.3 is 23.9 Å². The van der Waals surface area contributed by atoms with Crippen molar-refractivity contribution in [2.24, 2.45) is 13.0 Å². The van der Waals surface area contributed by atoms with Gasteiger partial charge in [0, 0.05) is 49.6 Å². The number of methoxy groups -OCH3 is 3. The quantitative estimate of drug-likeness (QED) is 0.206. The second kappa shape index (κ2) is 14.6. The van der Waals surface area contributed by atoms with E-state index in [-0.39, 0.29) is 60.3 Å². The highest BCUT2D eigenvalue weighted by molar-refractivity contribution is 6.31. The van der Waals surface area contributed by atoms with Crippen LogP contribution in [0.25, 0.3) is 16.6 Å². The second-order valence-corrected chi connectivity index (χ2v) is 15.3. The van der Waals surface area contributed by atoms with Gasteiger partial charge in [0.05, 0.1) is 50.4 Å². The smallest absolute Gasteiger partial charge is 0.347 e. The Morgan fingerprint density at radius 1 is 0.817 bits per heavy atom. The Labute approximate surface area is 342 Å². The monoisotopic (exact) mass is 807 g/mol. The SMILES string of the molecule is COc1ccc([C@H]2C3=CCn4c(=O)n(CCc5nc6cc(OC)c(OC)cc6n(C)c5=O)c(=O)n4[C@@H]3C[C@H]3C(=O)C(c4ccccc4)=CC(=O)[C@@]23c2ccccc2)cc1O. The van der Waals surface area contributed by atoms with Gasteiger partial charge in [0.15, 0.2) is 34.6 Å². The van der Waals surface area contributed by atoms with E-state index in [0.717, 1.165) is 4.57 Å². The van der Waals surface area contributed by atoms with Crippen LogP contribution < -0.4 is 31.1 Å². The van der Waals surface area contributed by atoms with E-state index < -0.39 is 40.2 Å². The molecule has 60 heavy (non-hydrogen) atoms. The van der Waals surface area contributed by atoms with E-state index in [9.17, 15) is 19.5 Å². The number of phenols is 1. The topological polar surface area (TPSA) is 166 Å². The fourth-order valence-electron chi connectivity index (χ4n) is 9.73. The van der Waals surface area contributed by atoms with Crippen LogP contribution in [0.1, 0.15) is 40.8 Å². The summed E-state index contributed by atoms with van der Waals surface area (Å²) in [5, 5.41) is 11.2. The van der Waals surface area contributed by atoms with Crippen molar-refractivity contribution < 1.29 is 28.9 Å². The fourth-order valence-corrected chi connectivity index (χ4v) is 9.73. The first-order valence-electron chi connectivity index (χ1n) is 19.5. The molecule has 1 fully saturated rings. The van der Waals surface area contributed by atoms with Crippen molar-refractivity contribution in [3.63, 3.8) is 0 Å². The van der Waals surface area contributed by atoms with Gasteiger partial charge in [-0.05, 0) is 46.9 Å². The number of rotatable bonds is 9. The second-order valence-electron chi connectivity index (χ2n) is 15.3. The molecular weight excluding hydrogens is 767 g/mol. The summed E-state index contributed by atoms with van der Waals surface area (Å²) in [4.78, 5) is 77.4. The number of aromatic nitrogens is 5. The first-order valence-corrected chi connectivity index (χ1v) is 19.5. The highest BCUT2D eigenvalue weighted by Gasteiger charge is 2.63. The van der Waals surface area contributed by atoms with E-state index in [1.807, 2.05) is 42.5 Å². The van der Waals surface area contributed by atoms with Crippen LogP contribution in [0.4, 0.5) is 0 Å². The average molecular weight is 808 g/mol. The van der Waals surface area contributed by atoms with Gasteiger partial charge in [-0.2, -0.15) is 0 Å². The van der Waals surface area contributed by atoms with E-state index in [1.165, 1.54) is 41.3 Å². The number of carbonyl (C=O) groups is 2. The predicted molar refractivity (Wildman–Crippen MR) is 222 cm³/mol. The summed E-state index contributed by atoms with van der Waals surface area (Å²) < 4.78 is 21.5. The maximum Gasteiger partial charge on any atom is 0.347 e. The minimum absolute atomic E-state index is 0.00800. The molecule has 14 heteroatoms. The van der Waals surface area contributed by atoms with Crippen molar-refractivity contribution in [1.29, 1.82) is 0 Å². The van der Waals surface area contributed by atoms with Gasteiger partial charge in [0.1, 0.15) is 5.69 Å². The molecule has 14 nitrogen and oxygen atoms in total. The van der Waals surface area contributed by atoms with Crippen LogP contribution in [-0.4, -0.2) is 61.5 Å². The number of nitrogens with zero attached hydrogens (tertiary/aromatic N) is 5. The van der Waals surface area contributed by atoms with Crippen LogP contribution in [0.15, 0.2) is 123 Å². The highest BCUT2D eigenvalue weighted by Crippen LogP contribution is 2.61. The molecule has 1 saturated carbocycles. The minimum Gasteiger partial charge on any atom is -0.504 e. The Balaban J connectivity index is 1.19. The first kappa shape index (κ1) is 38.3. The van der Waals surface area contributed by atoms with Crippen LogP contribution in [0.2, 0.25) is 0 Å². The molecule has 0 saturated heterocycles. The van der Waals surface area contributed by atoms with Crippen LogP contribution in [-0.2, 0) is 41.6 Å². The molecule has 4 aromatic carbocycles. The minimum atomic E-state index is -1.48. The maximum atomic E-state index is 15.2. The van der Waals surface area contributed by atoms with Crippen molar-refractivity contribution >= 4 is 28.2 Å². The molecule has 2 aromatic heterocycles. The average Bonchev–Trinajstić information content (AvgIpc) is 3.52. The van der Waals surface area contributed by atoms with Crippen LogP contribution in [0.3, 0.4) is 0 Å². The Kier molecular flexibility index (Phi) is 9.29. The molecule has 0 amide bonds. The lowest BCUT2D eigenvalue weighted by molar-refractivity contribution is -0.133. The molecule has 2 aliphatic carbocycles. The molecule has 0 bridgehead atoms. The molecule has 304 valence electrons. The number of ketones is 2. The molecule has 0 spiro atoms. The van der Waals surface area contributed by atoms with Gasteiger partial charge in [0.25, 0.3) is 5.56 Å².